The zero-order chi connectivity index (χ0) is 23.0. The van der Waals surface area contributed by atoms with Crippen molar-refractivity contribution in [2.45, 2.75) is 38.0 Å². The molecule has 5 nitrogen and oxygen atoms in total. The van der Waals surface area contributed by atoms with Crippen LogP contribution in [0.25, 0.3) is 0 Å². The third-order valence-corrected chi connectivity index (χ3v) is 6.18. The normalized spacial score (nSPS) is 13.8. The SMILES string of the molecule is O=C(COc1ccc(C2CCCCC2)cc1)Nc1cccc(NC(=O)c2ccccc2Cl)c1. The van der Waals surface area contributed by atoms with Crippen LogP contribution in [0, 0.1) is 0 Å². The van der Waals surface area contributed by atoms with E-state index in [0.717, 1.165) is 0 Å². The first-order chi connectivity index (χ1) is 16.1. The molecule has 6 heteroatoms. The topological polar surface area (TPSA) is 67.4 Å². The van der Waals surface area contributed by atoms with Gasteiger partial charge in [0.05, 0.1) is 10.6 Å². The summed E-state index contributed by atoms with van der Waals surface area (Å²) in [5.41, 5.74) is 2.85. The number of hydrogen-bond donors (Lipinski definition) is 2. The van der Waals surface area contributed by atoms with Crippen LogP contribution in [0.4, 0.5) is 11.4 Å². The Bertz CT molecular complexity index is 1110. The Hall–Kier alpha value is -3.31. The summed E-state index contributed by atoms with van der Waals surface area (Å²) in [7, 11) is 0. The van der Waals surface area contributed by atoms with Crippen LogP contribution in [0.15, 0.2) is 72.8 Å². The second kappa shape index (κ2) is 11.0. The van der Waals surface area contributed by atoms with Crippen LogP contribution in [-0.4, -0.2) is 18.4 Å². The first kappa shape index (κ1) is 22.9. The van der Waals surface area contributed by atoms with Crippen molar-refractivity contribution in [3.8, 4) is 5.75 Å². The number of halogens is 1. The highest BCUT2D eigenvalue weighted by molar-refractivity contribution is 6.34. The van der Waals surface area contributed by atoms with Gasteiger partial charge in [-0.2, -0.15) is 0 Å². The number of ether oxygens (including phenoxy) is 1. The summed E-state index contributed by atoms with van der Waals surface area (Å²) in [5, 5.41) is 5.97. The molecule has 1 fully saturated rings. The van der Waals surface area contributed by atoms with Crippen LogP contribution in [0.2, 0.25) is 5.02 Å². The van der Waals surface area contributed by atoms with Gasteiger partial charge in [-0.25, -0.2) is 0 Å². The molecule has 0 bridgehead atoms. The molecule has 170 valence electrons. The van der Waals surface area contributed by atoms with Crippen molar-refractivity contribution in [1.29, 1.82) is 0 Å². The van der Waals surface area contributed by atoms with Gasteiger partial charge >= 0.3 is 0 Å². The molecule has 2 amide bonds. The molecule has 4 rings (SSSR count). The van der Waals surface area contributed by atoms with E-state index in [9.17, 15) is 9.59 Å². The Morgan fingerprint density at radius 1 is 0.848 bits per heavy atom. The number of hydrogen-bond acceptors (Lipinski definition) is 3. The molecule has 0 heterocycles. The van der Waals surface area contributed by atoms with Gasteiger partial charge in [0.25, 0.3) is 11.8 Å². The van der Waals surface area contributed by atoms with Gasteiger partial charge in [-0.15, -0.1) is 0 Å². The van der Waals surface area contributed by atoms with Crippen LogP contribution < -0.4 is 15.4 Å². The molecule has 3 aromatic rings. The molecule has 33 heavy (non-hydrogen) atoms. The zero-order valence-corrected chi connectivity index (χ0v) is 19.1. The Morgan fingerprint density at radius 2 is 1.55 bits per heavy atom. The van der Waals surface area contributed by atoms with Gasteiger partial charge in [0.15, 0.2) is 6.61 Å². The Balaban J connectivity index is 1.29. The van der Waals surface area contributed by atoms with Crippen LogP contribution in [0.5, 0.6) is 5.75 Å². The molecule has 0 unspecified atom stereocenters. The summed E-state index contributed by atoms with van der Waals surface area (Å²) in [5.74, 6) is 0.720. The fraction of sp³-hybridized carbons (Fsp3) is 0.259. The highest BCUT2D eigenvalue weighted by Crippen LogP contribution is 2.33. The van der Waals surface area contributed by atoms with Crippen molar-refractivity contribution in [3.63, 3.8) is 0 Å². The summed E-state index contributed by atoms with van der Waals surface area (Å²) in [6.07, 6.45) is 6.44. The van der Waals surface area contributed by atoms with E-state index in [4.69, 9.17) is 16.3 Å². The maximum absolute atomic E-state index is 12.4. The predicted octanol–water partition coefficient (Wildman–Crippen LogP) is 6.66. The first-order valence-electron chi connectivity index (χ1n) is 11.3. The zero-order valence-electron chi connectivity index (χ0n) is 18.4. The molecule has 0 aromatic heterocycles. The van der Waals surface area contributed by atoms with Gasteiger partial charge in [0.2, 0.25) is 0 Å². The van der Waals surface area contributed by atoms with Gasteiger partial charge in [0, 0.05) is 11.4 Å². The number of carbonyl (C=O) groups is 2. The highest BCUT2D eigenvalue weighted by Gasteiger charge is 2.15. The molecule has 3 aromatic carbocycles. The molecule has 0 spiro atoms. The fourth-order valence-corrected chi connectivity index (χ4v) is 4.36. The number of anilines is 2. The minimum absolute atomic E-state index is 0.0982. The van der Waals surface area contributed by atoms with Crippen molar-refractivity contribution in [1.82, 2.24) is 0 Å². The molecule has 0 saturated heterocycles. The lowest BCUT2D eigenvalue weighted by Crippen LogP contribution is -2.20. The molecular weight excluding hydrogens is 436 g/mol. The van der Waals surface area contributed by atoms with Crippen molar-refractivity contribution in [3.05, 3.63) is 88.9 Å². The average Bonchev–Trinajstić information content (AvgIpc) is 2.84. The lowest BCUT2D eigenvalue weighted by atomic mass is 9.84. The minimum atomic E-state index is -0.316. The van der Waals surface area contributed by atoms with E-state index in [1.807, 2.05) is 12.1 Å². The van der Waals surface area contributed by atoms with Crippen LogP contribution in [-0.2, 0) is 4.79 Å². The lowest BCUT2D eigenvalue weighted by Gasteiger charge is -2.22. The molecule has 0 radical (unpaired) electrons. The lowest BCUT2D eigenvalue weighted by molar-refractivity contribution is -0.118. The summed E-state index contributed by atoms with van der Waals surface area (Å²) in [4.78, 5) is 24.8. The van der Waals surface area contributed by atoms with Crippen molar-refractivity contribution >= 4 is 34.8 Å². The molecule has 0 atom stereocenters. The average molecular weight is 463 g/mol. The largest absolute Gasteiger partial charge is 0.484 e. The maximum atomic E-state index is 12.4. The van der Waals surface area contributed by atoms with E-state index in [0.29, 0.717) is 33.6 Å². The van der Waals surface area contributed by atoms with Crippen molar-refractivity contribution in [2.24, 2.45) is 0 Å². The Labute approximate surface area is 199 Å². The smallest absolute Gasteiger partial charge is 0.262 e. The number of rotatable bonds is 7. The predicted molar refractivity (Wildman–Crippen MR) is 132 cm³/mol. The number of carbonyl (C=O) groups excluding carboxylic acids is 2. The van der Waals surface area contributed by atoms with E-state index in [-0.39, 0.29) is 18.4 Å². The third-order valence-electron chi connectivity index (χ3n) is 5.85. The quantitative estimate of drug-likeness (QED) is 0.412. The highest BCUT2D eigenvalue weighted by atomic mass is 35.5. The Kier molecular flexibility index (Phi) is 7.63. The monoisotopic (exact) mass is 462 g/mol. The third kappa shape index (κ3) is 6.36. The van der Waals surface area contributed by atoms with Crippen LogP contribution in [0.3, 0.4) is 0 Å². The van der Waals surface area contributed by atoms with Gasteiger partial charge in [0.1, 0.15) is 5.75 Å². The maximum Gasteiger partial charge on any atom is 0.262 e. The summed E-state index contributed by atoms with van der Waals surface area (Å²) in [6, 6.07) is 21.8. The van der Waals surface area contributed by atoms with Crippen LogP contribution in [0.1, 0.15) is 53.9 Å². The first-order valence-corrected chi connectivity index (χ1v) is 11.6. The second-order valence-corrected chi connectivity index (χ2v) is 8.66. The number of nitrogens with one attached hydrogen (secondary N) is 2. The van der Waals surface area contributed by atoms with Crippen molar-refractivity contribution in [2.75, 3.05) is 17.2 Å². The molecule has 1 saturated carbocycles. The second-order valence-electron chi connectivity index (χ2n) is 8.26. The van der Waals surface area contributed by atoms with Gasteiger partial charge in [-0.05, 0) is 66.8 Å². The van der Waals surface area contributed by atoms with Gasteiger partial charge in [-0.3, -0.25) is 9.59 Å². The molecule has 1 aliphatic rings. The number of benzene rings is 3. The van der Waals surface area contributed by atoms with E-state index in [2.05, 4.69) is 22.8 Å². The standard InChI is InChI=1S/C27H27ClN2O3/c28-25-12-5-4-11-24(25)27(32)30-22-10-6-9-21(17-22)29-26(31)18-33-23-15-13-20(14-16-23)19-7-2-1-3-8-19/h4-6,9-17,19H,1-3,7-8,18H2,(H,29,31)(H,30,32). The molecule has 1 aliphatic carbocycles. The molecule has 2 N–H and O–H groups in total. The Morgan fingerprint density at radius 3 is 2.27 bits per heavy atom. The van der Waals surface area contributed by atoms with E-state index in [1.54, 1.807) is 48.5 Å². The van der Waals surface area contributed by atoms with E-state index < -0.39 is 0 Å². The summed E-state index contributed by atoms with van der Waals surface area (Å²) < 4.78 is 5.65. The van der Waals surface area contributed by atoms with Gasteiger partial charge in [-0.1, -0.05) is 61.2 Å². The van der Waals surface area contributed by atoms with Crippen molar-refractivity contribution < 1.29 is 14.3 Å². The van der Waals surface area contributed by atoms with Gasteiger partial charge < -0.3 is 15.4 Å². The molecular formula is C27H27ClN2O3. The summed E-state index contributed by atoms with van der Waals surface area (Å²) >= 11 is 6.09. The summed E-state index contributed by atoms with van der Waals surface area (Å²) in [6.45, 7) is -0.0982. The van der Waals surface area contributed by atoms with E-state index in [1.165, 1.54) is 37.7 Å². The fourth-order valence-electron chi connectivity index (χ4n) is 4.14. The minimum Gasteiger partial charge on any atom is -0.484 e. The number of amides is 2. The van der Waals surface area contributed by atoms with Crippen LogP contribution >= 0.6 is 11.6 Å². The van der Waals surface area contributed by atoms with E-state index >= 15 is 0 Å². The molecule has 0 aliphatic heterocycles.